The van der Waals surface area contributed by atoms with E-state index >= 15 is 0 Å². The van der Waals surface area contributed by atoms with Crippen LogP contribution in [0.5, 0.6) is 0 Å². The Balaban J connectivity index is 1.79. The van der Waals surface area contributed by atoms with Crippen LogP contribution in [0.15, 0.2) is 20.9 Å². The first-order chi connectivity index (χ1) is 15.0. The van der Waals surface area contributed by atoms with Crippen LogP contribution in [0.25, 0.3) is 10.4 Å². The number of nitrogens with one attached hydrogen (secondary N) is 1. The zero-order valence-electron chi connectivity index (χ0n) is 17.6. The average Bonchev–Trinajstić information content (AvgIpc) is 3.14. The van der Waals surface area contributed by atoms with Crippen LogP contribution in [-0.2, 0) is 14.2 Å². The van der Waals surface area contributed by atoms with E-state index in [0.29, 0.717) is 12.0 Å². The van der Waals surface area contributed by atoms with E-state index < -0.39 is 35.8 Å². The molecule has 1 aliphatic rings. The van der Waals surface area contributed by atoms with Gasteiger partial charge in [0.1, 0.15) is 18.9 Å². The highest BCUT2D eigenvalue weighted by Gasteiger charge is 2.37. The van der Waals surface area contributed by atoms with E-state index in [1.54, 1.807) is 6.92 Å². The van der Waals surface area contributed by atoms with Gasteiger partial charge in [-0.15, -0.1) is 0 Å². The SMILES string of the molecule is Cc1cn([C@H]2C[C@H](N=[N+]=[N-])[C@@H](COC(=O)OCCCCCCCCO)O2)c(=O)[nH]c1=O. The standard InChI is InChI=1S/C19H29N5O7/c1-13-11-24(18(27)21-17(13)26)16-10-14(22-23-20)15(31-16)12-30-19(28)29-9-7-5-3-2-4-6-8-25/h11,14-16,25H,2-10,12H2,1H3,(H,21,26,27)/t14-,15+,16+/m0/s1. The highest BCUT2D eigenvalue weighted by Crippen LogP contribution is 2.30. The van der Waals surface area contributed by atoms with Crippen molar-refractivity contribution in [2.75, 3.05) is 19.8 Å². The first kappa shape index (κ1) is 24.4. The summed E-state index contributed by atoms with van der Waals surface area (Å²) in [6, 6.07) is -0.652. The minimum absolute atomic E-state index is 0.189. The molecule has 0 amide bonds. The number of H-pyrrole nitrogens is 1. The third kappa shape index (κ3) is 7.74. The molecule has 1 aromatic rings. The number of hydrogen-bond donors (Lipinski definition) is 2. The van der Waals surface area contributed by atoms with Crippen LogP contribution < -0.4 is 11.2 Å². The summed E-state index contributed by atoms with van der Waals surface area (Å²) in [5, 5.41) is 12.4. The van der Waals surface area contributed by atoms with Crippen molar-refractivity contribution in [1.29, 1.82) is 0 Å². The summed E-state index contributed by atoms with van der Waals surface area (Å²) < 4.78 is 17.1. The summed E-state index contributed by atoms with van der Waals surface area (Å²) in [6.07, 6.45) is 4.66. The van der Waals surface area contributed by atoms with Gasteiger partial charge in [-0.2, -0.15) is 0 Å². The largest absolute Gasteiger partial charge is 0.508 e. The number of nitrogens with zero attached hydrogens (tertiary/aromatic N) is 4. The molecule has 2 N–H and O–H groups in total. The minimum Gasteiger partial charge on any atom is -0.434 e. The molecular formula is C19H29N5O7. The average molecular weight is 439 g/mol. The fraction of sp³-hybridized carbons (Fsp3) is 0.737. The van der Waals surface area contributed by atoms with Crippen LogP contribution in [0.1, 0.15) is 56.7 Å². The van der Waals surface area contributed by atoms with Crippen molar-refractivity contribution in [3.8, 4) is 0 Å². The van der Waals surface area contributed by atoms with Gasteiger partial charge in [-0.05, 0) is 25.3 Å². The van der Waals surface area contributed by atoms with Crippen molar-refractivity contribution >= 4 is 6.16 Å². The number of unbranched alkanes of at least 4 members (excludes halogenated alkanes) is 5. The van der Waals surface area contributed by atoms with E-state index in [0.717, 1.165) is 32.1 Å². The molecule has 1 aliphatic heterocycles. The molecule has 0 bridgehead atoms. The van der Waals surface area contributed by atoms with Crippen LogP contribution in [-0.4, -0.2) is 52.8 Å². The number of rotatable bonds is 12. The summed E-state index contributed by atoms with van der Waals surface area (Å²) in [7, 11) is 0. The highest BCUT2D eigenvalue weighted by molar-refractivity contribution is 5.59. The van der Waals surface area contributed by atoms with Crippen LogP contribution in [0, 0.1) is 6.92 Å². The van der Waals surface area contributed by atoms with Crippen LogP contribution in [0.2, 0.25) is 0 Å². The third-order valence-electron chi connectivity index (χ3n) is 5.00. The Hall–Kier alpha value is -2.82. The molecule has 0 aliphatic carbocycles. The summed E-state index contributed by atoms with van der Waals surface area (Å²) in [4.78, 5) is 40.4. The number of aryl methyl sites for hydroxylation is 1. The third-order valence-corrected chi connectivity index (χ3v) is 5.00. The second kappa shape index (κ2) is 12.8. The molecular weight excluding hydrogens is 410 g/mol. The summed E-state index contributed by atoms with van der Waals surface area (Å²) in [6.45, 7) is 1.80. The summed E-state index contributed by atoms with van der Waals surface area (Å²) in [5.74, 6) is 0. The molecule has 1 aromatic heterocycles. The van der Waals surface area contributed by atoms with Crippen molar-refractivity contribution in [2.45, 2.75) is 70.2 Å². The minimum atomic E-state index is -0.843. The molecule has 1 saturated heterocycles. The number of aromatic amines is 1. The van der Waals surface area contributed by atoms with Crippen molar-refractivity contribution in [2.24, 2.45) is 5.11 Å². The molecule has 12 nitrogen and oxygen atoms in total. The van der Waals surface area contributed by atoms with Gasteiger partial charge in [0.05, 0.1) is 12.6 Å². The molecule has 0 saturated carbocycles. The molecule has 12 heteroatoms. The lowest BCUT2D eigenvalue weighted by Gasteiger charge is -2.16. The van der Waals surface area contributed by atoms with E-state index in [2.05, 4.69) is 15.0 Å². The van der Waals surface area contributed by atoms with Crippen LogP contribution >= 0.6 is 0 Å². The molecule has 1 fully saturated rings. The fourth-order valence-electron chi connectivity index (χ4n) is 3.29. The molecule has 31 heavy (non-hydrogen) atoms. The normalized spacial score (nSPS) is 20.3. The predicted molar refractivity (Wildman–Crippen MR) is 110 cm³/mol. The molecule has 2 rings (SSSR count). The molecule has 3 atom stereocenters. The van der Waals surface area contributed by atoms with E-state index in [1.165, 1.54) is 10.8 Å². The molecule has 0 radical (unpaired) electrons. The van der Waals surface area contributed by atoms with Crippen LogP contribution in [0.4, 0.5) is 4.79 Å². The van der Waals surface area contributed by atoms with Gasteiger partial charge in [-0.1, -0.05) is 30.8 Å². The van der Waals surface area contributed by atoms with Gasteiger partial charge in [0.15, 0.2) is 0 Å². The van der Waals surface area contributed by atoms with Gasteiger partial charge in [0, 0.05) is 29.7 Å². The Kier molecular flexibility index (Phi) is 10.1. The Morgan fingerprint density at radius 3 is 2.71 bits per heavy atom. The number of aromatic nitrogens is 2. The second-order valence-electron chi connectivity index (χ2n) is 7.37. The molecule has 0 aromatic carbocycles. The lowest BCUT2D eigenvalue weighted by atomic mass is 10.1. The van der Waals surface area contributed by atoms with Gasteiger partial charge in [0.25, 0.3) is 5.56 Å². The highest BCUT2D eigenvalue weighted by atomic mass is 16.7. The van der Waals surface area contributed by atoms with Gasteiger partial charge in [-0.3, -0.25) is 14.3 Å². The fourth-order valence-corrected chi connectivity index (χ4v) is 3.29. The molecule has 2 heterocycles. The number of aliphatic hydroxyl groups is 1. The van der Waals surface area contributed by atoms with E-state index in [-0.39, 0.29) is 26.2 Å². The van der Waals surface area contributed by atoms with Gasteiger partial charge in [-0.25, -0.2) is 9.59 Å². The molecule has 172 valence electrons. The number of azide groups is 1. The predicted octanol–water partition coefficient (Wildman–Crippen LogP) is 2.30. The topological polar surface area (TPSA) is 169 Å². The van der Waals surface area contributed by atoms with E-state index in [9.17, 15) is 14.4 Å². The maximum Gasteiger partial charge on any atom is 0.508 e. The molecule has 0 spiro atoms. The Bertz CT molecular complexity index is 877. The van der Waals surface area contributed by atoms with Crippen LogP contribution in [0.3, 0.4) is 0 Å². The first-order valence-corrected chi connectivity index (χ1v) is 10.4. The smallest absolute Gasteiger partial charge is 0.434 e. The maximum atomic E-state index is 12.1. The van der Waals surface area contributed by atoms with Gasteiger partial charge >= 0.3 is 11.8 Å². The second-order valence-corrected chi connectivity index (χ2v) is 7.37. The number of aliphatic hydroxyl groups excluding tert-OH is 1. The van der Waals surface area contributed by atoms with Crippen molar-refractivity contribution in [3.63, 3.8) is 0 Å². The quantitative estimate of drug-likeness (QED) is 0.165. The van der Waals surface area contributed by atoms with Crippen molar-refractivity contribution < 1.29 is 24.1 Å². The monoisotopic (exact) mass is 439 g/mol. The Morgan fingerprint density at radius 1 is 1.29 bits per heavy atom. The van der Waals surface area contributed by atoms with Gasteiger partial charge < -0.3 is 19.3 Å². The Labute approximate surface area is 178 Å². The maximum absolute atomic E-state index is 12.1. The lowest BCUT2D eigenvalue weighted by molar-refractivity contribution is -0.0423. The van der Waals surface area contributed by atoms with Crippen molar-refractivity contribution in [1.82, 2.24) is 9.55 Å². The number of hydrogen-bond acceptors (Lipinski definition) is 8. The Morgan fingerprint density at radius 2 is 2.00 bits per heavy atom. The zero-order chi connectivity index (χ0) is 22.6. The lowest BCUT2D eigenvalue weighted by Crippen LogP contribution is -2.33. The number of carbonyl (C=O) groups is 1. The first-order valence-electron chi connectivity index (χ1n) is 10.4. The summed E-state index contributed by atoms with van der Waals surface area (Å²) in [5.41, 5.74) is 8.00. The number of ether oxygens (including phenoxy) is 3. The summed E-state index contributed by atoms with van der Waals surface area (Å²) >= 11 is 0. The zero-order valence-corrected chi connectivity index (χ0v) is 17.6. The van der Waals surface area contributed by atoms with E-state index in [1.807, 2.05) is 0 Å². The number of carbonyl (C=O) groups excluding carboxylic acids is 1. The molecule has 0 unspecified atom stereocenters. The van der Waals surface area contributed by atoms with Gasteiger partial charge in [0.2, 0.25) is 0 Å². The van der Waals surface area contributed by atoms with Crippen molar-refractivity contribution in [3.05, 3.63) is 43.0 Å². The van der Waals surface area contributed by atoms with E-state index in [4.69, 9.17) is 24.8 Å².